The largest absolute Gasteiger partial charge is 0.371 e. The van der Waals surface area contributed by atoms with Crippen LogP contribution >= 0.6 is 11.9 Å². The molecule has 2 heterocycles. The Kier molecular flexibility index (Phi) is 5.30. The zero-order valence-corrected chi connectivity index (χ0v) is 15.7. The minimum atomic E-state index is 0.601. The quantitative estimate of drug-likeness (QED) is 0.815. The van der Waals surface area contributed by atoms with Gasteiger partial charge < -0.3 is 10.2 Å². The van der Waals surface area contributed by atoms with E-state index in [4.69, 9.17) is 0 Å². The number of piperidine rings is 1. The summed E-state index contributed by atoms with van der Waals surface area (Å²) in [7, 11) is 0. The summed E-state index contributed by atoms with van der Waals surface area (Å²) in [6.07, 6.45) is 3.58. The van der Waals surface area contributed by atoms with E-state index in [-0.39, 0.29) is 0 Å². The zero-order chi connectivity index (χ0) is 17.1. The van der Waals surface area contributed by atoms with Crippen molar-refractivity contribution in [2.45, 2.75) is 43.7 Å². The van der Waals surface area contributed by atoms with Gasteiger partial charge in [-0.05, 0) is 74.0 Å². The van der Waals surface area contributed by atoms with Gasteiger partial charge in [0.15, 0.2) is 0 Å². The van der Waals surface area contributed by atoms with Gasteiger partial charge in [0.05, 0.1) is 0 Å². The molecule has 25 heavy (non-hydrogen) atoms. The Morgan fingerprint density at radius 2 is 1.88 bits per heavy atom. The molecule has 2 aromatic carbocycles. The van der Waals surface area contributed by atoms with E-state index in [1.807, 2.05) is 0 Å². The fourth-order valence-corrected chi connectivity index (χ4v) is 4.61. The maximum Gasteiger partial charge on any atom is 0.0402 e. The van der Waals surface area contributed by atoms with E-state index in [1.165, 1.54) is 34.6 Å². The SMILES string of the molecule is Cc1ccc(SNC2CCN(c3cccc4c3CCNC4)CC2)cc1. The predicted molar refractivity (Wildman–Crippen MR) is 107 cm³/mol. The molecule has 4 rings (SSSR count). The fourth-order valence-electron chi connectivity index (χ4n) is 3.80. The molecule has 0 radical (unpaired) electrons. The van der Waals surface area contributed by atoms with Crippen LogP contribution in [0.5, 0.6) is 0 Å². The van der Waals surface area contributed by atoms with Gasteiger partial charge in [-0.25, -0.2) is 0 Å². The van der Waals surface area contributed by atoms with E-state index in [0.717, 1.165) is 32.6 Å². The second-order valence-corrected chi connectivity index (χ2v) is 8.05. The zero-order valence-electron chi connectivity index (χ0n) is 14.9. The number of rotatable bonds is 4. The lowest BCUT2D eigenvalue weighted by atomic mass is 9.96. The fraction of sp³-hybridized carbons (Fsp3) is 0.429. The van der Waals surface area contributed by atoms with E-state index in [1.54, 1.807) is 17.5 Å². The molecule has 0 unspecified atom stereocenters. The molecule has 2 N–H and O–H groups in total. The summed E-state index contributed by atoms with van der Waals surface area (Å²) >= 11 is 1.78. The van der Waals surface area contributed by atoms with E-state index in [9.17, 15) is 0 Å². The minimum Gasteiger partial charge on any atom is -0.371 e. The molecule has 1 saturated heterocycles. The molecule has 2 aliphatic rings. The third kappa shape index (κ3) is 4.02. The predicted octanol–water partition coefficient (Wildman–Crippen LogP) is 3.91. The van der Waals surface area contributed by atoms with E-state index < -0.39 is 0 Å². The van der Waals surface area contributed by atoms with Crippen LogP contribution in [0.3, 0.4) is 0 Å². The molecule has 132 valence electrons. The number of hydrogen-bond donors (Lipinski definition) is 2. The Morgan fingerprint density at radius 3 is 2.68 bits per heavy atom. The summed E-state index contributed by atoms with van der Waals surface area (Å²) in [5.74, 6) is 0. The van der Waals surface area contributed by atoms with Crippen molar-refractivity contribution < 1.29 is 0 Å². The van der Waals surface area contributed by atoms with Crippen LogP contribution in [0.4, 0.5) is 5.69 Å². The summed E-state index contributed by atoms with van der Waals surface area (Å²) in [5, 5.41) is 3.48. The van der Waals surface area contributed by atoms with Gasteiger partial charge in [-0.1, -0.05) is 29.8 Å². The van der Waals surface area contributed by atoms with Gasteiger partial charge in [0.25, 0.3) is 0 Å². The summed E-state index contributed by atoms with van der Waals surface area (Å²) in [6.45, 7) is 6.56. The van der Waals surface area contributed by atoms with Gasteiger partial charge in [0, 0.05) is 36.3 Å². The summed E-state index contributed by atoms with van der Waals surface area (Å²) in [6, 6.07) is 16.2. The van der Waals surface area contributed by atoms with Gasteiger partial charge in [-0.15, -0.1) is 0 Å². The van der Waals surface area contributed by atoms with Crippen molar-refractivity contribution in [2.24, 2.45) is 0 Å². The van der Waals surface area contributed by atoms with Crippen LogP contribution in [0.25, 0.3) is 0 Å². The normalized spacial score (nSPS) is 18.2. The van der Waals surface area contributed by atoms with Crippen LogP contribution in [0.15, 0.2) is 47.4 Å². The number of nitrogens with zero attached hydrogens (tertiary/aromatic N) is 1. The first-order valence-corrected chi connectivity index (χ1v) is 10.2. The van der Waals surface area contributed by atoms with Crippen molar-refractivity contribution in [2.75, 3.05) is 24.5 Å². The Bertz CT molecular complexity index is 706. The Morgan fingerprint density at radius 1 is 1.08 bits per heavy atom. The number of hydrogen-bond acceptors (Lipinski definition) is 4. The highest BCUT2D eigenvalue weighted by atomic mass is 32.2. The molecule has 0 aliphatic carbocycles. The highest BCUT2D eigenvalue weighted by Crippen LogP contribution is 2.29. The van der Waals surface area contributed by atoms with Gasteiger partial charge in [0.1, 0.15) is 0 Å². The lowest BCUT2D eigenvalue weighted by molar-refractivity contribution is 0.477. The summed E-state index contributed by atoms with van der Waals surface area (Å²) in [4.78, 5) is 3.90. The number of benzene rings is 2. The minimum absolute atomic E-state index is 0.601. The van der Waals surface area contributed by atoms with E-state index in [0.29, 0.717) is 6.04 Å². The average Bonchev–Trinajstić information content (AvgIpc) is 2.68. The van der Waals surface area contributed by atoms with Crippen LogP contribution in [0, 0.1) is 6.92 Å². The average molecular weight is 354 g/mol. The Hall–Kier alpha value is -1.49. The standard InChI is InChI=1S/C21H27N3S/c1-16-5-7-19(8-6-16)25-23-18-10-13-24(14-11-18)21-4-2-3-17-15-22-12-9-20(17)21/h2-8,18,22-23H,9-15H2,1H3. The topological polar surface area (TPSA) is 27.3 Å². The summed E-state index contributed by atoms with van der Waals surface area (Å²) in [5.41, 5.74) is 5.85. The lowest BCUT2D eigenvalue weighted by Crippen LogP contribution is -2.41. The lowest BCUT2D eigenvalue weighted by Gasteiger charge is -2.36. The first-order valence-electron chi connectivity index (χ1n) is 9.35. The molecule has 2 aliphatic heterocycles. The van der Waals surface area contributed by atoms with Gasteiger partial charge in [-0.3, -0.25) is 4.72 Å². The van der Waals surface area contributed by atoms with Crippen LogP contribution in [0.1, 0.15) is 29.5 Å². The third-order valence-electron chi connectivity index (χ3n) is 5.32. The molecule has 0 spiro atoms. The van der Waals surface area contributed by atoms with Crippen molar-refractivity contribution in [3.8, 4) is 0 Å². The Balaban J connectivity index is 1.33. The molecule has 0 saturated carbocycles. The Labute approximate surface area is 155 Å². The third-order valence-corrected chi connectivity index (χ3v) is 6.27. The van der Waals surface area contributed by atoms with Crippen molar-refractivity contribution in [1.82, 2.24) is 10.0 Å². The van der Waals surface area contributed by atoms with Crippen molar-refractivity contribution >= 4 is 17.6 Å². The molecular formula is C21H27N3S. The van der Waals surface area contributed by atoms with E-state index >= 15 is 0 Å². The van der Waals surface area contributed by atoms with Gasteiger partial charge in [-0.2, -0.15) is 0 Å². The molecular weight excluding hydrogens is 326 g/mol. The molecule has 4 heteroatoms. The number of nitrogens with one attached hydrogen (secondary N) is 2. The van der Waals surface area contributed by atoms with Crippen LogP contribution < -0.4 is 14.9 Å². The van der Waals surface area contributed by atoms with Gasteiger partial charge >= 0.3 is 0 Å². The molecule has 0 aromatic heterocycles. The van der Waals surface area contributed by atoms with Crippen LogP contribution in [-0.2, 0) is 13.0 Å². The molecule has 1 fully saturated rings. The molecule has 2 aromatic rings. The smallest absolute Gasteiger partial charge is 0.0402 e. The maximum absolute atomic E-state index is 3.67. The highest BCUT2D eigenvalue weighted by molar-refractivity contribution is 7.97. The number of fused-ring (bicyclic) bond motifs is 1. The van der Waals surface area contributed by atoms with Crippen LogP contribution in [0.2, 0.25) is 0 Å². The van der Waals surface area contributed by atoms with Gasteiger partial charge in [0.2, 0.25) is 0 Å². The first kappa shape index (κ1) is 17.0. The number of aryl methyl sites for hydroxylation is 1. The molecule has 0 amide bonds. The molecule has 3 nitrogen and oxygen atoms in total. The number of anilines is 1. The summed E-state index contributed by atoms with van der Waals surface area (Å²) < 4.78 is 3.67. The maximum atomic E-state index is 3.67. The van der Waals surface area contributed by atoms with Crippen molar-refractivity contribution in [3.05, 3.63) is 59.2 Å². The van der Waals surface area contributed by atoms with E-state index in [2.05, 4.69) is 64.3 Å². The van der Waals surface area contributed by atoms with Crippen LogP contribution in [-0.4, -0.2) is 25.7 Å². The second kappa shape index (κ2) is 7.81. The van der Waals surface area contributed by atoms with Crippen molar-refractivity contribution in [3.63, 3.8) is 0 Å². The highest BCUT2D eigenvalue weighted by Gasteiger charge is 2.22. The molecule has 0 bridgehead atoms. The first-order chi connectivity index (χ1) is 12.3. The second-order valence-electron chi connectivity index (χ2n) is 7.14. The monoisotopic (exact) mass is 353 g/mol. The van der Waals surface area contributed by atoms with Crippen molar-refractivity contribution in [1.29, 1.82) is 0 Å². The molecule has 0 atom stereocenters.